The van der Waals surface area contributed by atoms with Gasteiger partial charge in [0.2, 0.25) is 0 Å². The van der Waals surface area contributed by atoms with Gasteiger partial charge >= 0.3 is 0 Å². The molecule has 0 aliphatic carbocycles. The third-order valence-electron chi connectivity index (χ3n) is 7.40. The van der Waals surface area contributed by atoms with Crippen LogP contribution in [-0.2, 0) is 0 Å². The predicted molar refractivity (Wildman–Crippen MR) is 181 cm³/mol. The molecular weight excluding hydrogens is 573 g/mol. The topological polar surface area (TPSA) is 77.3 Å². The van der Waals surface area contributed by atoms with Crippen LogP contribution < -0.4 is 0 Å². The molecular formula is C38H24N6S. The summed E-state index contributed by atoms with van der Waals surface area (Å²) in [6, 6.07) is 48.4. The van der Waals surface area contributed by atoms with E-state index in [2.05, 4.69) is 18.2 Å². The van der Waals surface area contributed by atoms with Crippen molar-refractivity contribution in [2.75, 3.05) is 0 Å². The number of aromatic nitrogens is 6. The van der Waals surface area contributed by atoms with E-state index >= 15 is 0 Å². The maximum absolute atomic E-state index is 4.98. The monoisotopic (exact) mass is 596 g/mol. The number of thiophene rings is 1. The molecule has 0 radical (unpaired) electrons. The summed E-state index contributed by atoms with van der Waals surface area (Å²) in [5, 5.41) is 1.07. The molecule has 0 bridgehead atoms. The highest BCUT2D eigenvalue weighted by Gasteiger charge is 2.18. The first kappa shape index (κ1) is 26.7. The van der Waals surface area contributed by atoms with E-state index in [9.17, 15) is 0 Å². The average Bonchev–Trinajstić information content (AvgIpc) is 3.58. The molecule has 3 aromatic heterocycles. The quantitative estimate of drug-likeness (QED) is 0.190. The van der Waals surface area contributed by atoms with Crippen LogP contribution in [0.5, 0.6) is 0 Å². The van der Waals surface area contributed by atoms with Crippen molar-refractivity contribution in [3.8, 4) is 67.6 Å². The van der Waals surface area contributed by atoms with Gasteiger partial charge in [-0.2, -0.15) is 0 Å². The fourth-order valence-corrected chi connectivity index (χ4v) is 6.30. The molecule has 8 rings (SSSR count). The number of nitrogens with zero attached hydrogens (tertiary/aromatic N) is 6. The van der Waals surface area contributed by atoms with Gasteiger partial charge in [0, 0.05) is 32.5 Å². The van der Waals surface area contributed by atoms with Crippen LogP contribution in [0.3, 0.4) is 0 Å². The van der Waals surface area contributed by atoms with Gasteiger partial charge < -0.3 is 0 Å². The Balaban J connectivity index is 1.30. The van der Waals surface area contributed by atoms with E-state index < -0.39 is 0 Å². The molecule has 0 atom stereocenters. The molecule has 0 fully saturated rings. The predicted octanol–water partition coefficient (Wildman–Crippen LogP) is 9.27. The van der Waals surface area contributed by atoms with Crippen molar-refractivity contribution in [1.29, 1.82) is 0 Å². The Morgan fingerprint density at radius 2 is 0.711 bits per heavy atom. The summed E-state index contributed by atoms with van der Waals surface area (Å²) >= 11 is 1.63. The minimum absolute atomic E-state index is 0.618. The van der Waals surface area contributed by atoms with E-state index in [1.165, 1.54) is 0 Å². The zero-order chi connectivity index (χ0) is 30.0. The first-order chi connectivity index (χ1) is 22.3. The molecule has 0 unspecified atom stereocenters. The number of hydrogen-bond donors (Lipinski definition) is 0. The lowest BCUT2D eigenvalue weighted by atomic mass is 10.1. The molecule has 0 amide bonds. The number of rotatable bonds is 6. The van der Waals surface area contributed by atoms with Crippen LogP contribution >= 0.6 is 11.3 Å². The van der Waals surface area contributed by atoms with Crippen molar-refractivity contribution >= 4 is 21.4 Å². The Hall–Kier alpha value is -5.92. The van der Waals surface area contributed by atoms with Crippen molar-refractivity contribution in [3.63, 3.8) is 0 Å². The molecule has 0 N–H and O–H groups in total. The Morgan fingerprint density at radius 1 is 0.333 bits per heavy atom. The molecule has 0 saturated heterocycles. The summed E-state index contributed by atoms with van der Waals surface area (Å²) in [6.07, 6.45) is 0. The summed E-state index contributed by atoms with van der Waals surface area (Å²) < 4.78 is 1.06. The smallest absolute Gasteiger partial charge is 0.174 e. The lowest BCUT2D eigenvalue weighted by Gasteiger charge is -2.09. The lowest BCUT2D eigenvalue weighted by Crippen LogP contribution is -2.00. The zero-order valence-electron chi connectivity index (χ0n) is 23.9. The van der Waals surface area contributed by atoms with E-state index in [1.54, 1.807) is 11.3 Å². The minimum atomic E-state index is 0.618. The van der Waals surface area contributed by atoms with Gasteiger partial charge in [-0.25, -0.2) is 29.9 Å². The third-order valence-corrected chi connectivity index (χ3v) is 8.58. The first-order valence-corrected chi connectivity index (χ1v) is 15.4. The molecule has 212 valence electrons. The highest BCUT2D eigenvalue weighted by Crippen LogP contribution is 2.39. The molecule has 3 heterocycles. The highest BCUT2D eigenvalue weighted by atomic mass is 32.1. The maximum atomic E-state index is 4.98. The van der Waals surface area contributed by atoms with Gasteiger partial charge in [0.05, 0.1) is 4.88 Å². The Morgan fingerprint density at radius 3 is 1.13 bits per heavy atom. The summed E-state index contributed by atoms with van der Waals surface area (Å²) in [7, 11) is 0. The number of hydrogen-bond acceptors (Lipinski definition) is 7. The Kier molecular flexibility index (Phi) is 6.90. The first-order valence-electron chi connectivity index (χ1n) is 14.6. The van der Waals surface area contributed by atoms with Crippen molar-refractivity contribution in [2.24, 2.45) is 0 Å². The SMILES string of the molecule is c1ccc(-c2nc(-c3ccccc3)nc(-c3cc4cccc(-c5nc(-c6ccccc6)nc(-c6ccccc6)n5)c4s3)n2)cc1. The second kappa shape index (κ2) is 11.6. The molecule has 5 aromatic carbocycles. The molecule has 8 aromatic rings. The van der Waals surface area contributed by atoms with Crippen molar-refractivity contribution in [2.45, 2.75) is 0 Å². The zero-order valence-corrected chi connectivity index (χ0v) is 24.8. The summed E-state index contributed by atoms with van der Waals surface area (Å²) in [6.45, 7) is 0. The van der Waals surface area contributed by atoms with Gasteiger partial charge in [-0.05, 0) is 17.5 Å². The Bertz CT molecular complexity index is 2140. The normalized spacial score (nSPS) is 11.1. The maximum Gasteiger partial charge on any atom is 0.174 e. The van der Waals surface area contributed by atoms with Crippen LogP contribution in [0.4, 0.5) is 0 Å². The van der Waals surface area contributed by atoms with Crippen LogP contribution in [-0.4, -0.2) is 29.9 Å². The molecule has 0 saturated carbocycles. The second-order valence-corrected chi connectivity index (χ2v) is 11.5. The van der Waals surface area contributed by atoms with E-state index in [0.29, 0.717) is 34.9 Å². The fourth-order valence-electron chi connectivity index (χ4n) is 5.20. The molecule has 6 nitrogen and oxygen atoms in total. The summed E-state index contributed by atoms with van der Waals surface area (Å²) in [4.78, 5) is 30.5. The largest absolute Gasteiger partial charge is 0.208 e. The molecule has 0 aliphatic rings. The molecule has 7 heteroatoms. The van der Waals surface area contributed by atoms with Gasteiger partial charge in [-0.15, -0.1) is 11.3 Å². The van der Waals surface area contributed by atoms with Crippen LogP contribution in [0, 0.1) is 0 Å². The van der Waals surface area contributed by atoms with Gasteiger partial charge in [0.1, 0.15) is 0 Å². The standard InChI is InChI=1S/C38H24N6S/c1-5-14-25(15-6-1)33-39-34(26-16-7-2-8-17-26)42-37(41-33)30-23-13-22-29-24-31(45-32(29)30)38-43-35(27-18-9-3-10-19-27)40-36(44-38)28-20-11-4-12-21-28/h1-24H. The van der Waals surface area contributed by atoms with E-state index in [1.807, 2.05) is 127 Å². The average molecular weight is 597 g/mol. The summed E-state index contributed by atoms with van der Waals surface area (Å²) in [5.41, 5.74) is 4.68. The van der Waals surface area contributed by atoms with E-state index in [0.717, 1.165) is 42.8 Å². The minimum Gasteiger partial charge on any atom is -0.208 e. The van der Waals surface area contributed by atoms with Crippen molar-refractivity contribution in [3.05, 3.63) is 146 Å². The number of benzene rings is 5. The lowest BCUT2D eigenvalue weighted by molar-refractivity contribution is 1.08. The third kappa shape index (κ3) is 5.37. The van der Waals surface area contributed by atoms with Crippen LogP contribution in [0.1, 0.15) is 0 Å². The molecule has 45 heavy (non-hydrogen) atoms. The van der Waals surface area contributed by atoms with Gasteiger partial charge in [0.15, 0.2) is 34.9 Å². The van der Waals surface area contributed by atoms with Crippen LogP contribution in [0.25, 0.3) is 77.7 Å². The Labute approximate surface area is 263 Å². The molecule has 0 aliphatic heterocycles. The van der Waals surface area contributed by atoms with Gasteiger partial charge in [-0.3, -0.25) is 0 Å². The second-order valence-electron chi connectivity index (χ2n) is 10.4. The van der Waals surface area contributed by atoms with Gasteiger partial charge in [0.25, 0.3) is 0 Å². The van der Waals surface area contributed by atoms with Crippen molar-refractivity contribution in [1.82, 2.24) is 29.9 Å². The number of fused-ring (bicyclic) bond motifs is 1. The van der Waals surface area contributed by atoms with E-state index in [-0.39, 0.29) is 0 Å². The van der Waals surface area contributed by atoms with Gasteiger partial charge in [-0.1, -0.05) is 133 Å². The van der Waals surface area contributed by atoms with Crippen LogP contribution in [0.15, 0.2) is 146 Å². The summed E-state index contributed by atoms with van der Waals surface area (Å²) in [5.74, 6) is 3.77. The highest BCUT2D eigenvalue weighted by molar-refractivity contribution is 7.22. The fraction of sp³-hybridized carbons (Fsp3) is 0. The molecule has 0 spiro atoms. The van der Waals surface area contributed by atoms with Crippen molar-refractivity contribution < 1.29 is 0 Å². The van der Waals surface area contributed by atoms with Crippen LogP contribution in [0.2, 0.25) is 0 Å². The van der Waals surface area contributed by atoms with E-state index in [4.69, 9.17) is 29.9 Å².